The van der Waals surface area contributed by atoms with Gasteiger partial charge in [-0.1, -0.05) is 24.6 Å². The first-order valence-electron chi connectivity index (χ1n) is 9.39. The van der Waals surface area contributed by atoms with Crippen molar-refractivity contribution in [1.29, 1.82) is 0 Å². The van der Waals surface area contributed by atoms with Crippen molar-refractivity contribution in [2.24, 2.45) is 0 Å². The Morgan fingerprint density at radius 3 is 2.65 bits per heavy atom. The van der Waals surface area contributed by atoms with E-state index < -0.39 is 5.60 Å². The van der Waals surface area contributed by atoms with Crippen molar-refractivity contribution < 1.29 is 19.0 Å². The molecular weight excluding hydrogens is 328 g/mol. The molecule has 2 atom stereocenters. The number of methoxy groups -OCH3 is 1. The Morgan fingerprint density at radius 1 is 1.04 bits per heavy atom. The zero-order chi connectivity index (χ0) is 17.7. The van der Waals surface area contributed by atoms with Gasteiger partial charge >= 0.3 is 0 Å². The summed E-state index contributed by atoms with van der Waals surface area (Å²) < 4.78 is 18.3. The van der Waals surface area contributed by atoms with E-state index in [9.17, 15) is 4.79 Å². The van der Waals surface area contributed by atoms with E-state index in [1.807, 2.05) is 42.5 Å². The number of hydrogen-bond acceptors (Lipinski definition) is 4. The summed E-state index contributed by atoms with van der Waals surface area (Å²) in [7, 11) is 1.62. The quantitative estimate of drug-likeness (QED) is 0.759. The van der Waals surface area contributed by atoms with E-state index >= 15 is 0 Å². The van der Waals surface area contributed by atoms with E-state index in [4.69, 9.17) is 14.2 Å². The van der Waals surface area contributed by atoms with Crippen LogP contribution in [0.25, 0.3) is 0 Å². The Morgan fingerprint density at radius 2 is 1.85 bits per heavy atom. The average molecular weight is 350 g/mol. The lowest BCUT2D eigenvalue weighted by Crippen LogP contribution is -2.59. The van der Waals surface area contributed by atoms with Crippen LogP contribution in [0.2, 0.25) is 0 Å². The van der Waals surface area contributed by atoms with Crippen LogP contribution >= 0.6 is 0 Å². The molecule has 0 saturated heterocycles. The van der Waals surface area contributed by atoms with Crippen molar-refractivity contribution in [3.05, 3.63) is 53.6 Å². The van der Waals surface area contributed by atoms with Crippen LogP contribution in [0.1, 0.15) is 53.9 Å². The molecule has 3 aliphatic rings. The van der Waals surface area contributed by atoms with Crippen LogP contribution in [0.4, 0.5) is 0 Å². The number of fused-ring (bicyclic) bond motifs is 5. The highest BCUT2D eigenvalue weighted by molar-refractivity contribution is 6.05. The number of benzene rings is 2. The minimum absolute atomic E-state index is 0.125. The van der Waals surface area contributed by atoms with Gasteiger partial charge in [0.15, 0.2) is 11.9 Å². The Bertz CT molecular complexity index is 866. The molecule has 0 N–H and O–H groups in total. The molecule has 5 rings (SSSR count). The first kappa shape index (κ1) is 15.7. The Kier molecular flexibility index (Phi) is 3.49. The zero-order valence-corrected chi connectivity index (χ0v) is 14.9. The van der Waals surface area contributed by atoms with Gasteiger partial charge in [0.2, 0.25) is 0 Å². The molecule has 0 unspecified atom stereocenters. The SMILES string of the molecule is COc1ccc2c(c1)O[C@H]1[C@@H](C2=O)c2ccccc2OC12CCCCC2. The van der Waals surface area contributed by atoms with E-state index in [0.717, 1.165) is 37.0 Å². The number of ether oxygens (including phenoxy) is 3. The first-order chi connectivity index (χ1) is 12.7. The van der Waals surface area contributed by atoms with E-state index in [1.165, 1.54) is 6.42 Å². The number of carbonyl (C=O) groups excluding carboxylic acids is 1. The lowest BCUT2D eigenvalue weighted by atomic mass is 9.69. The predicted octanol–water partition coefficient (Wildman–Crippen LogP) is 4.52. The number of Topliss-reactive ketones (excluding diaryl/α,β-unsaturated/α-hetero) is 1. The van der Waals surface area contributed by atoms with Gasteiger partial charge in [0, 0.05) is 11.6 Å². The monoisotopic (exact) mass is 350 g/mol. The smallest absolute Gasteiger partial charge is 0.178 e. The fraction of sp³-hybridized carbons (Fsp3) is 0.409. The van der Waals surface area contributed by atoms with Gasteiger partial charge in [-0.25, -0.2) is 0 Å². The van der Waals surface area contributed by atoms with Crippen LogP contribution in [0.15, 0.2) is 42.5 Å². The number of para-hydroxylation sites is 1. The molecule has 2 aromatic carbocycles. The van der Waals surface area contributed by atoms with Gasteiger partial charge in [-0.3, -0.25) is 4.79 Å². The van der Waals surface area contributed by atoms with Gasteiger partial charge in [-0.15, -0.1) is 0 Å². The van der Waals surface area contributed by atoms with Crippen LogP contribution in [0.3, 0.4) is 0 Å². The van der Waals surface area contributed by atoms with E-state index in [1.54, 1.807) is 7.11 Å². The normalized spacial score (nSPS) is 25.3. The maximum Gasteiger partial charge on any atom is 0.178 e. The Labute approximate surface area is 153 Å². The molecule has 0 bridgehead atoms. The fourth-order valence-electron chi connectivity index (χ4n) is 4.80. The molecule has 1 aliphatic carbocycles. The molecule has 4 heteroatoms. The van der Waals surface area contributed by atoms with Gasteiger partial charge in [-0.05, 0) is 43.9 Å². The van der Waals surface area contributed by atoms with Crippen molar-refractivity contribution in [2.75, 3.05) is 7.11 Å². The van der Waals surface area contributed by atoms with Crippen molar-refractivity contribution in [1.82, 2.24) is 0 Å². The second-order valence-corrected chi connectivity index (χ2v) is 7.51. The van der Waals surface area contributed by atoms with Gasteiger partial charge in [0.1, 0.15) is 22.8 Å². The van der Waals surface area contributed by atoms with Crippen molar-refractivity contribution in [3.63, 3.8) is 0 Å². The highest BCUT2D eigenvalue weighted by Crippen LogP contribution is 2.52. The highest BCUT2D eigenvalue weighted by Gasteiger charge is 2.56. The van der Waals surface area contributed by atoms with Crippen molar-refractivity contribution >= 4 is 5.78 Å². The lowest BCUT2D eigenvalue weighted by Gasteiger charge is -2.51. The molecule has 2 heterocycles. The minimum atomic E-state index is -0.423. The summed E-state index contributed by atoms with van der Waals surface area (Å²) in [5.41, 5.74) is 1.16. The first-order valence-corrected chi connectivity index (χ1v) is 9.39. The zero-order valence-electron chi connectivity index (χ0n) is 14.9. The summed E-state index contributed by atoms with van der Waals surface area (Å²) >= 11 is 0. The Balaban J connectivity index is 1.68. The highest BCUT2D eigenvalue weighted by atomic mass is 16.6. The molecule has 1 saturated carbocycles. The van der Waals surface area contributed by atoms with Crippen LogP contribution in [0, 0.1) is 0 Å². The van der Waals surface area contributed by atoms with Crippen molar-refractivity contribution in [2.45, 2.75) is 49.7 Å². The summed E-state index contributed by atoms with van der Waals surface area (Å²) in [6.45, 7) is 0. The van der Waals surface area contributed by atoms with Crippen LogP contribution < -0.4 is 14.2 Å². The molecule has 0 amide bonds. The summed E-state index contributed by atoms with van der Waals surface area (Å²) in [6.07, 6.45) is 4.99. The van der Waals surface area contributed by atoms with Crippen LogP contribution in [-0.2, 0) is 0 Å². The van der Waals surface area contributed by atoms with E-state index in [2.05, 4.69) is 0 Å². The Hall–Kier alpha value is -2.49. The largest absolute Gasteiger partial charge is 0.497 e. The molecular formula is C22H22O4. The fourth-order valence-corrected chi connectivity index (χ4v) is 4.80. The summed E-state index contributed by atoms with van der Waals surface area (Å²) in [6, 6.07) is 13.4. The molecule has 2 aliphatic heterocycles. The van der Waals surface area contributed by atoms with Gasteiger partial charge < -0.3 is 14.2 Å². The molecule has 0 aromatic heterocycles. The number of rotatable bonds is 1. The number of hydrogen-bond donors (Lipinski definition) is 0. The van der Waals surface area contributed by atoms with Gasteiger partial charge in [0.25, 0.3) is 0 Å². The molecule has 1 spiro atoms. The number of carbonyl (C=O) groups is 1. The predicted molar refractivity (Wildman–Crippen MR) is 97.4 cm³/mol. The van der Waals surface area contributed by atoms with Gasteiger partial charge in [-0.2, -0.15) is 0 Å². The third-order valence-electron chi connectivity index (χ3n) is 6.08. The second kappa shape index (κ2) is 5.76. The third-order valence-corrected chi connectivity index (χ3v) is 6.08. The van der Waals surface area contributed by atoms with E-state index in [0.29, 0.717) is 17.1 Å². The van der Waals surface area contributed by atoms with Crippen LogP contribution in [0.5, 0.6) is 17.2 Å². The molecule has 134 valence electrons. The summed E-state index contributed by atoms with van der Waals surface area (Å²) in [5.74, 6) is 1.97. The van der Waals surface area contributed by atoms with E-state index in [-0.39, 0.29) is 17.8 Å². The standard InChI is InChI=1S/C22H22O4/c1-24-14-9-10-16-18(13-14)25-21-19(20(16)23)15-7-3-4-8-17(15)26-22(21)11-5-2-6-12-22/h3-4,7-10,13,19,21H,2,5-6,11-12H2,1H3/t19-,21+/m1/s1. The molecule has 0 radical (unpaired) electrons. The topological polar surface area (TPSA) is 44.8 Å². The molecule has 26 heavy (non-hydrogen) atoms. The molecule has 2 aromatic rings. The molecule has 1 fully saturated rings. The third kappa shape index (κ3) is 2.17. The maximum atomic E-state index is 13.5. The minimum Gasteiger partial charge on any atom is -0.497 e. The lowest BCUT2D eigenvalue weighted by molar-refractivity contribution is -0.0878. The van der Waals surface area contributed by atoms with Crippen molar-refractivity contribution in [3.8, 4) is 17.2 Å². The maximum absolute atomic E-state index is 13.5. The summed E-state index contributed by atoms with van der Waals surface area (Å²) in [4.78, 5) is 13.5. The average Bonchev–Trinajstić information content (AvgIpc) is 2.68. The van der Waals surface area contributed by atoms with Gasteiger partial charge in [0.05, 0.1) is 18.6 Å². The number of ketones is 1. The second-order valence-electron chi connectivity index (χ2n) is 7.51. The molecule has 4 nitrogen and oxygen atoms in total. The summed E-state index contributed by atoms with van der Waals surface area (Å²) in [5, 5.41) is 0. The van der Waals surface area contributed by atoms with Crippen LogP contribution in [-0.4, -0.2) is 24.6 Å².